The molecule has 0 N–H and O–H groups in total. The number of ether oxygens (including phenoxy) is 3. The van der Waals surface area contributed by atoms with Gasteiger partial charge in [-0.1, -0.05) is 43.7 Å². The van der Waals surface area contributed by atoms with Gasteiger partial charge in [0.1, 0.15) is 17.9 Å². The summed E-state index contributed by atoms with van der Waals surface area (Å²) in [7, 11) is 1.98. The fourth-order valence-corrected chi connectivity index (χ4v) is 5.49. The van der Waals surface area contributed by atoms with Crippen molar-refractivity contribution in [3.8, 4) is 23.0 Å². The van der Waals surface area contributed by atoms with Crippen LogP contribution in [0.5, 0.6) is 11.8 Å². The first-order chi connectivity index (χ1) is 20.7. The number of piperidine rings is 1. The van der Waals surface area contributed by atoms with E-state index >= 15 is 0 Å². The van der Waals surface area contributed by atoms with E-state index in [1.807, 2.05) is 75.0 Å². The van der Waals surface area contributed by atoms with E-state index in [0.717, 1.165) is 66.5 Å². The molecule has 0 atom stereocenters. The fourth-order valence-electron chi connectivity index (χ4n) is 5.49. The van der Waals surface area contributed by atoms with Gasteiger partial charge in [-0.15, -0.1) is 0 Å². The average Bonchev–Trinajstić information content (AvgIpc) is 3.31. The highest BCUT2D eigenvalue weighted by Gasteiger charge is 2.25. The van der Waals surface area contributed by atoms with Crippen molar-refractivity contribution >= 4 is 22.6 Å². The SMILES string of the molecule is CCCCOc1nc(OCc2ccccc2)ccc1-c1nn(C)c2cc(N3CCC(CC(=O)OC(C)(C)C)CC3)ccc12. The molecule has 3 heterocycles. The van der Waals surface area contributed by atoms with Crippen LogP contribution in [-0.2, 0) is 23.2 Å². The van der Waals surface area contributed by atoms with Gasteiger partial charge in [-0.3, -0.25) is 9.48 Å². The van der Waals surface area contributed by atoms with E-state index in [9.17, 15) is 4.79 Å². The van der Waals surface area contributed by atoms with Crippen LogP contribution in [-0.4, -0.2) is 46.0 Å². The summed E-state index contributed by atoms with van der Waals surface area (Å²) in [5.74, 6) is 1.32. The molecule has 0 bridgehead atoms. The van der Waals surface area contributed by atoms with Gasteiger partial charge in [-0.25, -0.2) is 0 Å². The molecular weight excluding hydrogens is 540 g/mol. The Hall–Kier alpha value is -4.07. The molecule has 0 saturated carbocycles. The molecule has 0 spiro atoms. The lowest BCUT2D eigenvalue weighted by Crippen LogP contribution is -2.35. The van der Waals surface area contributed by atoms with Gasteiger partial charge < -0.3 is 19.1 Å². The number of carbonyl (C=O) groups excluding carboxylic acids is 1. The number of anilines is 1. The van der Waals surface area contributed by atoms with Crippen LogP contribution < -0.4 is 14.4 Å². The van der Waals surface area contributed by atoms with Crippen molar-refractivity contribution in [1.29, 1.82) is 0 Å². The highest BCUT2D eigenvalue weighted by atomic mass is 16.6. The maximum absolute atomic E-state index is 12.3. The number of unbranched alkanes of at least 4 members (excludes halogenated alkanes) is 1. The van der Waals surface area contributed by atoms with Crippen LogP contribution in [0.25, 0.3) is 22.2 Å². The molecule has 4 aromatic rings. The molecule has 0 amide bonds. The summed E-state index contributed by atoms with van der Waals surface area (Å²) in [6, 6.07) is 20.5. The lowest BCUT2D eigenvalue weighted by Gasteiger charge is -2.33. The molecule has 8 nitrogen and oxygen atoms in total. The topological polar surface area (TPSA) is 78.7 Å². The number of hydrogen-bond donors (Lipinski definition) is 0. The first-order valence-corrected chi connectivity index (χ1v) is 15.4. The minimum atomic E-state index is -0.439. The van der Waals surface area contributed by atoms with Gasteiger partial charge in [0.2, 0.25) is 11.8 Å². The Balaban J connectivity index is 1.32. The Morgan fingerprint density at radius 2 is 1.77 bits per heavy atom. The molecule has 43 heavy (non-hydrogen) atoms. The molecule has 1 saturated heterocycles. The van der Waals surface area contributed by atoms with E-state index in [2.05, 4.69) is 30.0 Å². The average molecular weight is 585 g/mol. The monoisotopic (exact) mass is 584 g/mol. The number of carbonyl (C=O) groups is 1. The van der Waals surface area contributed by atoms with Crippen molar-refractivity contribution in [2.24, 2.45) is 13.0 Å². The van der Waals surface area contributed by atoms with Crippen molar-refractivity contribution in [2.75, 3.05) is 24.6 Å². The van der Waals surface area contributed by atoms with Gasteiger partial charge in [0, 0.05) is 43.7 Å². The second-order valence-corrected chi connectivity index (χ2v) is 12.4. The van der Waals surface area contributed by atoms with Gasteiger partial charge in [0.15, 0.2) is 0 Å². The van der Waals surface area contributed by atoms with Crippen LogP contribution in [0.4, 0.5) is 5.69 Å². The number of hydrogen-bond acceptors (Lipinski definition) is 7. The normalized spacial score (nSPS) is 14.2. The minimum absolute atomic E-state index is 0.0990. The molecule has 228 valence electrons. The third-order valence-electron chi connectivity index (χ3n) is 7.75. The molecule has 0 aliphatic carbocycles. The fraction of sp³-hybridized carbons (Fsp3) is 0.457. The Morgan fingerprint density at radius 3 is 2.49 bits per heavy atom. The van der Waals surface area contributed by atoms with Gasteiger partial charge in [0.25, 0.3) is 0 Å². The van der Waals surface area contributed by atoms with Gasteiger partial charge >= 0.3 is 5.97 Å². The molecule has 2 aromatic heterocycles. The van der Waals surface area contributed by atoms with E-state index in [-0.39, 0.29) is 5.97 Å². The van der Waals surface area contributed by atoms with Crippen LogP contribution in [0.1, 0.15) is 65.4 Å². The lowest BCUT2D eigenvalue weighted by atomic mass is 9.93. The van der Waals surface area contributed by atoms with Crippen molar-refractivity contribution in [2.45, 2.75) is 72.0 Å². The van der Waals surface area contributed by atoms with Crippen molar-refractivity contribution in [3.05, 3.63) is 66.2 Å². The van der Waals surface area contributed by atoms with Gasteiger partial charge in [-0.2, -0.15) is 10.1 Å². The number of aryl methyl sites for hydroxylation is 1. The number of rotatable bonds is 11. The zero-order chi connectivity index (χ0) is 30.4. The maximum atomic E-state index is 12.3. The Morgan fingerprint density at radius 1 is 1.00 bits per heavy atom. The summed E-state index contributed by atoms with van der Waals surface area (Å²) in [5, 5.41) is 5.97. The number of pyridine rings is 1. The highest BCUT2D eigenvalue weighted by molar-refractivity contribution is 5.96. The summed E-state index contributed by atoms with van der Waals surface area (Å²) in [5.41, 5.74) is 4.55. The largest absolute Gasteiger partial charge is 0.477 e. The van der Waals surface area contributed by atoms with Crippen LogP contribution in [0.15, 0.2) is 60.7 Å². The molecule has 5 rings (SSSR count). The van der Waals surface area contributed by atoms with E-state index in [1.165, 1.54) is 5.69 Å². The van der Waals surface area contributed by atoms with E-state index in [1.54, 1.807) is 0 Å². The van der Waals surface area contributed by atoms with Crippen molar-refractivity contribution < 1.29 is 19.0 Å². The van der Waals surface area contributed by atoms with Gasteiger partial charge in [0.05, 0.1) is 17.7 Å². The minimum Gasteiger partial charge on any atom is -0.477 e. The van der Waals surface area contributed by atoms with E-state index in [4.69, 9.17) is 24.3 Å². The van der Waals surface area contributed by atoms with E-state index < -0.39 is 5.60 Å². The molecule has 8 heteroatoms. The maximum Gasteiger partial charge on any atom is 0.306 e. The molecular formula is C35H44N4O4. The van der Waals surface area contributed by atoms with Crippen molar-refractivity contribution in [1.82, 2.24) is 14.8 Å². The lowest BCUT2D eigenvalue weighted by molar-refractivity contribution is -0.156. The van der Waals surface area contributed by atoms with Gasteiger partial charge in [-0.05, 0) is 75.8 Å². The predicted molar refractivity (Wildman–Crippen MR) is 171 cm³/mol. The van der Waals surface area contributed by atoms with Crippen molar-refractivity contribution in [3.63, 3.8) is 0 Å². The molecule has 1 aliphatic rings. The zero-order valence-electron chi connectivity index (χ0n) is 26.1. The second kappa shape index (κ2) is 13.5. The quantitative estimate of drug-likeness (QED) is 0.135. The van der Waals surface area contributed by atoms with Crippen LogP contribution in [0.3, 0.4) is 0 Å². The van der Waals surface area contributed by atoms with Crippen LogP contribution in [0.2, 0.25) is 0 Å². The number of esters is 1. The number of fused-ring (bicyclic) bond motifs is 1. The smallest absolute Gasteiger partial charge is 0.306 e. The summed E-state index contributed by atoms with van der Waals surface area (Å²) in [4.78, 5) is 19.5. The Labute approximate surface area is 255 Å². The Kier molecular flexibility index (Phi) is 9.53. The first kappa shape index (κ1) is 30.4. The highest BCUT2D eigenvalue weighted by Crippen LogP contribution is 2.37. The summed E-state index contributed by atoms with van der Waals surface area (Å²) in [6.45, 7) is 10.7. The Bertz CT molecular complexity index is 1520. The molecule has 0 radical (unpaired) electrons. The third-order valence-corrected chi connectivity index (χ3v) is 7.75. The number of aromatic nitrogens is 3. The number of benzene rings is 2. The summed E-state index contributed by atoms with van der Waals surface area (Å²) >= 11 is 0. The first-order valence-electron chi connectivity index (χ1n) is 15.4. The molecule has 0 unspecified atom stereocenters. The third kappa shape index (κ3) is 7.86. The van der Waals surface area contributed by atoms with Crippen LogP contribution >= 0.6 is 0 Å². The molecule has 1 aliphatic heterocycles. The molecule has 2 aromatic carbocycles. The van der Waals surface area contributed by atoms with Crippen LogP contribution in [0, 0.1) is 5.92 Å². The number of nitrogens with zero attached hydrogens (tertiary/aromatic N) is 4. The zero-order valence-corrected chi connectivity index (χ0v) is 26.1. The summed E-state index contributed by atoms with van der Waals surface area (Å²) in [6.07, 6.45) is 4.40. The second-order valence-electron chi connectivity index (χ2n) is 12.4. The summed E-state index contributed by atoms with van der Waals surface area (Å²) < 4.78 is 19.7. The van der Waals surface area contributed by atoms with E-state index in [0.29, 0.717) is 37.3 Å². The predicted octanol–water partition coefficient (Wildman–Crippen LogP) is 7.34. The molecule has 1 fully saturated rings. The standard InChI is InChI=1S/C35H44N4O4/c1-6-7-21-41-34-29(15-16-31(36-34)42-24-26-11-9-8-10-12-26)33-28-14-13-27(23-30(28)38(5)37-33)39-19-17-25(18-20-39)22-32(40)43-35(2,3)4/h8-16,23,25H,6-7,17-22,24H2,1-5H3.